The van der Waals surface area contributed by atoms with Crippen molar-refractivity contribution < 1.29 is 4.79 Å². The van der Waals surface area contributed by atoms with E-state index in [1.54, 1.807) is 0 Å². The van der Waals surface area contributed by atoms with Gasteiger partial charge in [0.15, 0.2) is 5.78 Å². The number of ketones is 1. The van der Waals surface area contributed by atoms with Gasteiger partial charge in [0.2, 0.25) is 0 Å². The highest BCUT2D eigenvalue weighted by Crippen LogP contribution is 2.20. The maximum absolute atomic E-state index is 12.0. The normalized spacial score (nSPS) is 13.5. The van der Waals surface area contributed by atoms with E-state index in [1.165, 1.54) is 10.8 Å². The first-order valence-corrected chi connectivity index (χ1v) is 6.53. The molecule has 0 radical (unpaired) electrons. The highest BCUT2D eigenvalue weighted by molar-refractivity contribution is 5.99. The van der Waals surface area contributed by atoms with Crippen molar-refractivity contribution in [1.29, 1.82) is 0 Å². The zero-order valence-corrected chi connectivity index (χ0v) is 11.4. The molecule has 0 unspecified atom stereocenters. The van der Waals surface area contributed by atoms with E-state index in [-0.39, 0.29) is 5.78 Å². The van der Waals surface area contributed by atoms with Gasteiger partial charge in [-0.2, -0.15) is 0 Å². The molecule has 2 nitrogen and oxygen atoms in total. The molecule has 0 amide bonds. The summed E-state index contributed by atoms with van der Waals surface area (Å²) in [5.74, 6) is 0.0236. The average molecular weight is 253 g/mol. The van der Waals surface area contributed by atoms with Crippen molar-refractivity contribution in [2.24, 2.45) is 5.73 Å². The second-order valence-corrected chi connectivity index (χ2v) is 4.78. The molecule has 2 N–H and O–H groups in total. The molecule has 2 rings (SSSR count). The van der Waals surface area contributed by atoms with Gasteiger partial charge in [-0.1, -0.05) is 48.5 Å². The van der Waals surface area contributed by atoms with E-state index < -0.39 is 6.04 Å². The van der Waals surface area contributed by atoms with Gasteiger partial charge in [0.05, 0.1) is 6.04 Å². The minimum absolute atomic E-state index is 0.0236. The number of carbonyl (C=O) groups is 1. The van der Waals surface area contributed by atoms with E-state index in [2.05, 4.69) is 18.2 Å². The fourth-order valence-corrected chi connectivity index (χ4v) is 2.23. The highest BCUT2D eigenvalue weighted by atomic mass is 16.1. The summed E-state index contributed by atoms with van der Waals surface area (Å²) in [6.07, 6.45) is 2.39. The number of hydrogen-bond donors (Lipinski definition) is 1. The summed E-state index contributed by atoms with van der Waals surface area (Å²) in [4.78, 5) is 12.0. The molecule has 0 aliphatic rings. The molecule has 0 aliphatic heterocycles. The van der Waals surface area contributed by atoms with Crippen LogP contribution in [0.25, 0.3) is 10.8 Å². The van der Waals surface area contributed by atoms with E-state index in [9.17, 15) is 4.79 Å². The lowest BCUT2D eigenvalue weighted by molar-refractivity contribution is -0.116. The van der Waals surface area contributed by atoms with Crippen LogP contribution in [0.4, 0.5) is 0 Å². The van der Waals surface area contributed by atoms with Crippen LogP contribution in [-0.2, 0) is 11.2 Å². The molecule has 98 valence electrons. The van der Waals surface area contributed by atoms with E-state index in [0.29, 0.717) is 6.42 Å². The lowest BCUT2D eigenvalue weighted by Crippen LogP contribution is -2.33. The number of fused-ring (bicyclic) bond motifs is 1. The summed E-state index contributed by atoms with van der Waals surface area (Å²) >= 11 is 0. The van der Waals surface area contributed by atoms with Gasteiger partial charge >= 0.3 is 0 Å². The molecule has 2 aromatic rings. The molecule has 0 aromatic heterocycles. The van der Waals surface area contributed by atoms with Gasteiger partial charge in [-0.3, -0.25) is 4.79 Å². The third kappa shape index (κ3) is 2.91. The quantitative estimate of drug-likeness (QED) is 0.850. The van der Waals surface area contributed by atoms with Crippen molar-refractivity contribution in [2.45, 2.75) is 26.3 Å². The van der Waals surface area contributed by atoms with Crippen LogP contribution in [0.5, 0.6) is 0 Å². The Morgan fingerprint density at radius 3 is 2.63 bits per heavy atom. The molecular formula is C17H19NO. The standard InChI is InChI=1S/C17H19NO/c1-3-12(2)17(19)16(18)11-14-9-6-8-13-7-4-5-10-15(13)14/h3-10,16H,11,18H2,1-2H3/t16-/m0/s1. The highest BCUT2D eigenvalue weighted by Gasteiger charge is 2.16. The van der Waals surface area contributed by atoms with Gasteiger partial charge in [0, 0.05) is 0 Å². The van der Waals surface area contributed by atoms with Gasteiger partial charge in [-0.15, -0.1) is 0 Å². The van der Waals surface area contributed by atoms with Crippen LogP contribution in [0.2, 0.25) is 0 Å². The summed E-state index contributed by atoms with van der Waals surface area (Å²) < 4.78 is 0. The van der Waals surface area contributed by atoms with Crippen LogP contribution in [0.15, 0.2) is 54.1 Å². The van der Waals surface area contributed by atoms with Gasteiger partial charge in [0.25, 0.3) is 0 Å². The third-order valence-electron chi connectivity index (χ3n) is 3.48. The first-order valence-electron chi connectivity index (χ1n) is 6.53. The Bertz CT molecular complexity index is 623. The van der Waals surface area contributed by atoms with Crippen LogP contribution in [-0.4, -0.2) is 11.8 Å². The summed E-state index contributed by atoms with van der Waals surface area (Å²) in [6, 6.07) is 13.8. The van der Waals surface area contributed by atoms with Crippen LogP contribution in [0.3, 0.4) is 0 Å². The van der Waals surface area contributed by atoms with Crippen molar-refractivity contribution >= 4 is 16.6 Å². The number of hydrogen-bond acceptors (Lipinski definition) is 2. The summed E-state index contributed by atoms with van der Waals surface area (Å²) in [5, 5.41) is 2.36. The fraction of sp³-hybridized carbons (Fsp3) is 0.235. The Hall–Kier alpha value is -1.93. The van der Waals surface area contributed by atoms with Gasteiger partial charge < -0.3 is 5.73 Å². The minimum Gasteiger partial charge on any atom is -0.321 e. The molecule has 0 fully saturated rings. The summed E-state index contributed by atoms with van der Waals surface area (Å²) in [6.45, 7) is 3.67. The molecule has 19 heavy (non-hydrogen) atoms. The number of carbonyl (C=O) groups excluding carboxylic acids is 1. The molecule has 0 heterocycles. The largest absolute Gasteiger partial charge is 0.321 e. The van der Waals surface area contributed by atoms with E-state index >= 15 is 0 Å². The van der Waals surface area contributed by atoms with E-state index in [1.807, 2.05) is 44.2 Å². The number of nitrogens with two attached hydrogens (primary N) is 1. The summed E-state index contributed by atoms with van der Waals surface area (Å²) in [7, 11) is 0. The van der Waals surface area contributed by atoms with Crippen molar-refractivity contribution in [1.82, 2.24) is 0 Å². The maximum atomic E-state index is 12.0. The predicted molar refractivity (Wildman–Crippen MR) is 80.1 cm³/mol. The molecule has 2 heteroatoms. The third-order valence-corrected chi connectivity index (χ3v) is 3.48. The van der Waals surface area contributed by atoms with E-state index in [0.717, 1.165) is 11.1 Å². The van der Waals surface area contributed by atoms with Crippen LogP contribution < -0.4 is 5.73 Å². The Morgan fingerprint density at radius 2 is 1.89 bits per heavy atom. The zero-order valence-electron chi connectivity index (χ0n) is 11.4. The monoisotopic (exact) mass is 253 g/mol. The smallest absolute Gasteiger partial charge is 0.175 e. The van der Waals surface area contributed by atoms with Crippen LogP contribution >= 0.6 is 0 Å². The van der Waals surface area contributed by atoms with Crippen molar-refractivity contribution in [3.8, 4) is 0 Å². The second kappa shape index (κ2) is 5.81. The second-order valence-electron chi connectivity index (χ2n) is 4.78. The topological polar surface area (TPSA) is 43.1 Å². The molecule has 0 saturated heterocycles. The van der Waals surface area contributed by atoms with Gasteiger partial charge in [-0.05, 0) is 42.2 Å². The summed E-state index contributed by atoms with van der Waals surface area (Å²) in [5.41, 5.74) is 7.88. The first kappa shape index (κ1) is 13.5. The first-order chi connectivity index (χ1) is 9.13. The lowest BCUT2D eigenvalue weighted by Gasteiger charge is -2.13. The van der Waals surface area contributed by atoms with E-state index in [4.69, 9.17) is 5.73 Å². The SMILES string of the molecule is CC=C(C)C(=O)[C@@H](N)Cc1cccc2ccccc12. The molecular weight excluding hydrogens is 234 g/mol. The van der Waals surface area contributed by atoms with Gasteiger partial charge in [0.1, 0.15) is 0 Å². The maximum Gasteiger partial charge on any atom is 0.175 e. The Balaban J connectivity index is 2.29. The molecule has 0 aliphatic carbocycles. The Morgan fingerprint density at radius 1 is 1.21 bits per heavy atom. The fourth-order valence-electron chi connectivity index (χ4n) is 2.23. The Labute approximate surface area is 113 Å². The predicted octanol–water partition coefficient (Wildman–Crippen LogP) is 3.24. The molecule has 1 atom stereocenters. The van der Waals surface area contributed by atoms with Crippen LogP contribution in [0.1, 0.15) is 19.4 Å². The van der Waals surface area contributed by atoms with Gasteiger partial charge in [-0.25, -0.2) is 0 Å². The Kier molecular flexibility index (Phi) is 4.13. The number of benzene rings is 2. The molecule has 0 bridgehead atoms. The van der Waals surface area contributed by atoms with Crippen molar-refractivity contribution in [3.05, 3.63) is 59.7 Å². The number of rotatable bonds is 4. The van der Waals surface area contributed by atoms with Crippen LogP contribution in [0, 0.1) is 0 Å². The molecule has 0 saturated carbocycles. The van der Waals surface area contributed by atoms with Crippen molar-refractivity contribution in [3.63, 3.8) is 0 Å². The molecule has 0 spiro atoms. The average Bonchev–Trinajstić information content (AvgIpc) is 2.46. The van der Waals surface area contributed by atoms with Crippen molar-refractivity contribution in [2.75, 3.05) is 0 Å². The lowest BCUT2D eigenvalue weighted by atomic mass is 9.95. The minimum atomic E-state index is -0.470. The number of allylic oxidation sites excluding steroid dienone is 1. The zero-order chi connectivity index (χ0) is 13.8. The number of Topliss-reactive ketones (excluding diaryl/α,β-unsaturated/α-hetero) is 1. The molecule has 2 aromatic carbocycles.